The molecule has 0 aromatic heterocycles. The van der Waals surface area contributed by atoms with E-state index in [-0.39, 0.29) is 0 Å². The largest absolute Gasteiger partial charge is 0.478 e. The van der Waals surface area contributed by atoms with Crippen LogP contribution in [-0.4, -0.2) is 37.3 Å². The van der Waals surface area contributed by atoms with Crippen molar-refractivity contribution in [2.45, 2.75) is 6.92 Å². The first-order valence-corrected chi connectivity index (χ1v) is 5.41. The Labute approximate surface area is 95.7 Å². The number of carboxylic acid groups (broad SMARTS) is 1. The molecule has 0 spiro atoms. The second-order valence-corrected chi connectivity index (χ2v) is 3.67. The number of carbonyl (C=O) groups is 1. The lowest BCUT2D eigenvalue weighted by molar-refractivity contribution is 0.0697. The van der Waals surface area contributed by atoms with Crippen molar-refractivity contribution in [3.05, 3.63) is 35.4 Å². The lowest BCUT2D eigenvalue weighted by atomic mass is 10.1. The molecule has 1 aliphatic heterocycles. The first-order chi connectivity index (χ1) is 7.70. The first-order valence-electron chi connectivity index (χ1n) is 5.41. The second kappa shape index (κ2) is 6.98. The third-order valence-corrected chi connectivity index (χ3v) is 2.22. The van der Waals surface area contributed by atoms with Gasteiger partial charge in [0, 0.05) is 26.2 Å². The number of carboxylic acids is 1. The Bertz CT molecular complexity index is 324. The van der Waals surface area contributed by atoms with Crippen LogP contribution >= 0.6 is 0 Å². The van der Waals surface area contributed by atoms with Crippen molar-refractivity contribution < 1.29 is 9.90 Å². The Morgan fingerprint density at radius 3 is 2.06 bits per heavy atom. The van der Waals surface area contributed by atoms with Gasteiger partial charge in [-0.1, -0.05) is 17.7 Å². The summed E-state index contributed by atoms with van der Waals surface area (Å²) in [5.41, 5.74) is 1.32. The molecule has 0 unspecified atom stereocenters. The minimum absolute atomic E-state index is 0.347. The Hall–Kier alpha value is -1.39. The smallest absolute Gasteiger partial charge is 0.335 e. The molecule has 1 aromatic carbocycles. The van der Waals surface area contributed by atoms with Crippen LogP contribution in [0.2, 0.25) is 0 Å². The van der Waals surface area contributed by atoms with Gasteiger partial charge in [-0.2, -0.15) is 0 Å². The average Bonchev–Trinajstić information content (AvgIpc) is 2.32. The monoisotopic (exact) mass is 222 g/mol. The Balaban J connectivity index is 0.000000181. The molecule has 1 heterocycles. The lowest BCUT2D eigenvalue weighted by Crippen LogP contribution is -2.39. The number of aromatic carboxylic acids is 1. The van der Waals surface area contributed by atoms with Gasteiger partial charge >= 0.3 is 5.97 Å². The molecule has 16 heavy (non-hydrogen) atoms. The zero-order valence-electron chi connectivity index (χ0n) is 9.49. The third-order valence-electron chi connectivity index (χ3n) is 2.22. The maximum atomic E-state index is 10.4. The Morgan fingerprint density at radius 2 is 1.75 bits per heavy atom. The van der Waals surface area contributed by atoms with E-state index in [4.69, 9.17) is 5.11 Å². The molecule has 1 fully saturated rings. The van der Waals surface area contributed by atoms with E-state index in [2.05, 4.69) is 10.6 Å². The molecule has 2 rings (SSSR count). The summed E-state index contributed by atoms with van der Waals surface area (Å²) in [6.07, 6.45) is 0. The molecule has 0 aliphatic carbocycles. The number of piperazine rings is 1. The van der Waals surface area contributed by atoms with E-state index < -0.39 is 5.97 Å². The van der Waals surface area contributed by atoms with E-state index >= 15 is 0 Å². The predicted molar refractivity (Wildman–Crippen MR) is 63.9 cm³/mol. The van der Waals surface area contributed by atoms with Crippen LogP contribution in [0.25, 0.3) is 0 Å². The summed E-state index contributed by atoms with van der Waals surface area (Å²) in [5.74, 6) is -0.872. The van der Waals surface area contributed by atoms with Crippen molar-refractivity contribution in [2.24, 2.45) is 0 Å². The number of benzene rings is 1. The van der Waals surface area contributed by atoms with Crippen molar-refractivity contribution in [1.82, 2.24) is 10.6 Å². The molecule has 4 heteroatoms. The highest BCUT2D eigenvalue weighted by Gasteiger charge is 1.99. The van der Waals surface area contributed by atoms with Crippen LogP contribution in [0.4, 0.5) is 0 Å². The predicted octanol–water partition coefficient (Wildman–Crippen LogP) is 0.872. The van der Waals surface area contributed by atoms with Gasteiger partial charge in [0.1, 0.15) is 0 Å². The van der Waals surface area contributed by atoms with Gasteiger partial charge in [0.05, 0.1) is 5.56 Å². The minimum Gasteiger partial charge on any atom is -0.478 e. The Kier molecular flexibility index (Phi) is 5.53. The molecule has 1 aromatic rings. The van der Waals surface area contributed by atoms with Gasteiger partial charge in [-0.05, 0) is 19.1 Å². The summed E-state index contributed by atoms with van der Waals surface area (Å²) in [5, 5.41) is 15.0. The van der Waals surface area contributed by atoms with E-state index in [0.717, 1.165) is 31.7 Å². The van der Waals surface area contributed by atoms with Crippen molar-refractivity contribution in [1.29, 1.82) is 0 Å². The molecular formula is C12H18N2O2. The van der Waals surface area contributed by atoms with Gasteiger partial charge in [-0.3, -0.25) is 0 Å². The number of nitrogens with one attached hydrogen (secondary N) is 2. The van der Waals surface area contributed by atoms with Crippen molar-refractivity contribution in [2.75, 3.05) is 26.2 Å². The highest BCUT2D eigenvalue weighted by Crippen LogP contribution is 2.02. The molecule has 0 radical (unpaired) electrons. The van der Waals surface area contributed by atoms with Crippen LogP contribution in [-0.2, 0) is 0 Å². The average molecular weight is 222 g/mol. The third kappa shape index (κ3) is 4.91. The van der Waals surface area contributed by atoms with Gasteiger partial charge in [0.2, 0.25) is 0 Å². The van der Waals surface area contributed by atoms with Gasteiger partial charge < -0.3 is 15.7 Å². The molecule has 0 amide bonds. The van der Waals surface area contributed by atoms with E-state index in [1.165, 1.54) is 0 Å². The fraction of sp³-hybridized carbons (Fsp3) is 0.417. The topological polar surface area (TPSA) is 61.4 Å². The maximum absolute atomic E-state index is 10.4. The number of aryl methyl sites for hydroxylation is 1. The van der Waals surface area contributed by atoms with E-state index in [0.29, 0.717) is 5.56 Å². The molecule has 0 atom stereocenters. The summed E-state index contributed by atoms with van der Waals surface area (Å²) in [6.45, 7) is 6.42. The SMILES string of the molecule is C1CNCCN1.Cc1cccc(C(=O)O)c1. The fourth-order valence-electron chi connectivity index (χ4n) is 1.38. The van der Waals surface area contributed by atoms with E-state index in [1.807, 2.05) is 13.0 Å². The molecule has 4 nitrogen and oxygen atoms in total. The number of hydrogen-bond donors (Lipinski definition) is 3. The normalized spacial score (nSPS) is 14.8. The minimum atomic E-state index is -0.872. The molecule has 88 valence electrons. The van der Waals surface area contributed by atoms with Gasteiger partial charge in [-0.15, -0.1) is 0 Å². The number of hydrogen-bond acceptors (Lipinski definition) is 3. The van der Waals surface area contributed by atoms with Crippen LogP contribution in [0.1, 0.15) is 15.9 Å². The standard InChI is InChI=1S/C8H8O2.C4H10N2/c1-6-3-2-4-7(5-6)8(9)10;1-2-6-4-3-5-1/h2-5H,1H3,(H,9,10);5-6H,1-4H2. The Morgan fingerprint density at radius 1 is 1.19 bits per heavy atom. The molecule has 3 N–H and O–H groups in total. The highest BCUT2D eigenvalue weighted by molar-refractivity contribution is 5.87. The molecule has 1 saturated heterocycles. The summed E-state index contributed by atoms with van der Waals surface area (Å²) in [6, 6.07) is 6.82. The van der Waals surface area contributed by atoms with Crippen molar-refractivity contribution in [3.63, 3.8) is 0 Å². The zero-order chi connectivity index (χ0) is 11.8. The molecular weight excluding hydrogens is 204 g/mol. The summed E-state index contributed by atoms with van der Waals surface area (Å²) >= 11 is 0. The fourth-order valence-corrected chi connectivity index (χ4v) is 1.38. The van der Waals surface area contributed by atoms with Gasteiger partial charge in [-0.25, -0.2) is 4.79 Å². The molecule has 1 aliphatic rings. The lowest BCUT2D eigenvalue weighted by Gasteiger charge is -2.11. The summed E-state index contributed by atoms with van der Waals surface area (Å²) < 4.78 is 0. The van der Waals surface area contributed by atoms with Crippen LogP contribution in [0.3, 0.4) is 0 Å². The zero-order valence-corrected chi connectivity index (χ0v) is 9.49. The summed E-state index contributed by atoms with van der Waals surface area (Å²) in [4.78, 5) is 10.4. The van der Waals surface area contributed by atoms with Crippen molar-refractivity contribution >= 4 is 5.97 Å². The van der Waals surface area contributed by atoms with Gasteiger partial charge in [0.15, 0.2) is 0 Å². The molecule has 0 bridgehead atoms. The van der Waals surface area contributed by atoms with Crippen LogP contribution < -0.4 is 10.6 Å². The van der Waals surface area contributed by atoms with E-state index in [9.17, 15) is 4.79 Å². The quantitative estimate of drug-likeness (QED) is 0.660. The van der Waals surface area contributed by atoms with Crippen LogP contribution in [0.15, 0.2) is 24.3 Å². The van der Waals surface area contributed by atoms with Crippen LogP contribution in [0, 0.1) is 6.92 Å². The summed E-state index contributed by atoms with van der Waals surface area (Å²) in [7, 11) is 0. The van der Waals surface area contributed by atoms with Gasteiger partial charge in [0.25, 0.3) is 0 Å². The number of rotatable bonds is 1. The highest BCUT2D eigenvalue weighted by atomic mass is 16.4. The van der Waals surface area contributed by atoms with Crippen LogP contribution in [0.5, 0.6) is 0 Å². The first kappa shape index (κ1) is 12.7. The molecule has 0 saturated carbocycles. The maximum Gasteiger partial charge on any atom is 0.335 e. The van der Waals surface area contributed by atoms with Crippen molar-refractivity contribution in [3.8, 4) is 0 Å². The second-order valence-electron chi connectivity index (χ2n) is 3.67. The van der Waals surface area contributed by atoms with E-state index in [1.54, 1.807) is 18.2 Å².